The van der Waals surface area contributed by atoms with Crippen LogP contribution in [0, 0.1) is 5.41 Å². The average Bonchev–Trinajstić information content (AvgIpc) is 2.44. The highest BCUT2D eigenvalue weighted by molar-refractivity contribution is 5.82. The van der Waals surface area contributed by atoms with Crippen molar-refractivity contribution in [1.82, 2.24) is 5.32 Å². The van der Waals surface area contributed by atoms with Crippen molar-refractivity contribution in [3.8, 4) is 0 Å². The predicted molar refractivity (Wildman–Crippen MR) is 44.0 cm³/mol. The SMILES string of the molecule is CC(C)(C)C(=O)NC1CC1N. The van der Waals surface area contributed by atoms with E-state index in [0.717, 1.165) is 6.42 Å². The molecule has 0 aliphatic heterocycles. The first-order chi connectivity index (χ1) is 4.91. The van der Waals surface area contributed by atoms with Crippen molar-refractivity contribution < 1.29 is 4.79 Å². The molecule has 3 heteroatoms. The van der Waals surface area contributed by atoms with Crippen molar-refractivity contribution in [3.05, 3.63) is 0 Å². The number of amides is 1. The Morgan fingerprint density at radius 1 is 1.55 bits per heavy atom. The van der Waals surface area contributed by atoms with Crippen molar-refractivity contribution in [1.29, 1.82) is 0 Å². The molecular weight excluding hydrogens is 140 g/mol. The van der Waals surface area contributed by atoms with Crippen LogP contribution in [0.15, 0.2) is 0 Å². The standard InChI is InChI=1S/C8H16N2O/c1-8(2,3)7(11)10-6-4-5(6)9/h5-6H,4,9H2,1-3H3,(H,10,11). The van der Waals surface area contributed by atoms with Crippen LogP contribution >= 0.6 is 0 Å². The summed E-state index contributed by atoms with van der Waals surface area (Å²) in [4.78, 5) is 11.3. The zero-order valence-electron chi connectivity index (χ0n) is 7.35. The maximum Gasteiger partial charge on any atom is 0.225 e. The molecule has 11 heavy (non-hydrogen) atoms. The third kappa shape index (κ3) is 2.19. The quantitative estimate of drug-likeness (QED) is 0.571. The molecule has 0 saturated heterocycles. The normalized spacial score (nSPS) is 29.8. The molecule has 3 N–H and O–H groups in total. The van der Waals surface area contributed by atoms with Gasteiger partial charge in [-0.2, -0.15) is 0 Å². The number of nitrogens with two attached hydrogens (primary N) is 1. The Hall–Kier alpha value is -0.570. The lowest BCUT2D eigenvalue weighted by Crippen LogP contribution is -2.38. The van der Waals surface area contributed by atoms with Gasteiger partial charge in [0.05, 0.1) is 0 Å². The minimum atomic E-state index is -0.289. The molecular formula is C8H16N2O. The molecule has 1 saturated carbocycles. The number of carbonyl (C=O) groups excluding carboxylic acids is 1. The highest BCUT2D eigenvalue weighted by Crippen LogP contribution is 2.21. The van der Waals surface area contributed by atoms with Crippen molar-refractivity contribution >= 4 is 5.91 Å². The average molecular weight is 156 g/mol. The van der Waals surface area contributed by atoms with Crippen molar-refractivity contribution in [3.63, 3.8) is 0 Å². The van der Waals surface area contributed by atoms with Gasteiger partial charge in [0.2, 0.25) is 5.91 Å². The minimum Gasteiger partial charge on any atom is -0.351 e. The first kappa shape index (κ1) is 8.53. The smallest absolute Gasteiger partial charge is 0.225 e. The number of hydrogen-bond donors (Lipinski definition) is 2. The number of carbonyl (C=O) groups is 1. The molecule has 0 aromatic carbocycles. The topological polar surface area (TPSA) is 55.1 Å². The Morgan fingerprint density at radius 2 is 2.00 bits per heavy atom. The van der Waals surface area contributed by atoms with E-state index in [1.54, 1.807) is 0 Å². The van der Waals surface area contributed by atoms with Crippen molar-refractivity contribution in [2.24, 2.45) is 11.1 Å². The van der Waals surface area contributed by atoms with Gasteiger partial charge in [-0.3, -0.25) is 4.79 Å². The summed E-state index contributed by atoms with van der Waals surface area (Å²) < 4.78 is 0. The summed E-state index contributed by atoms with van der Waals surface area (Å²) in [7, 11) is 0. The van der Waals surface area contributed by atoms with Crippen molar-refractivity contribution in [2.45, 2.75) is 39.3 Å². The maximum absolute atomic E-state index is 11.3. The number of rotatable bonds is 1. The van der Waals surface area contributed by atoms with Gasteiger partial charge in [0.15, 0.2) is 0 Å². The Balaban J connectivity index is 2.33. The number of nitrogens with one attached hydrogen (secondary N) is 1. The molecule has 1 aliphatic rings. The van der Waals surface area contributed by atoms with Gasteiger partial charge in [0.25, 0.3) is 0 Å². The van der Waals surface area contributed by atoms with Gasteiger partial charge >= 0.3 is 0 Å². The molecule has 1 aliphatic carbocycles. The summed E-state index contributed by atoms with van der Waals surface area (Å²) in [5, 5.41) is 2.88. The Labute approximate surface area is 67.3 Å². The molecule has 0 aromatic rings. The maximum atomic E-state index is 11.3. The van der Waals surface area contributed by atoms with Crippen LogP contribution in [0.4, 0.5) is 0 Å². The van der Waals surface area contributed by atoms with Crippen LogP contribution < -0.4 is 11.1 Å². The molecule has 1 fully saturated rings. The third-order valence-corrected chi connectivity index (χ3v) is 1.84. The lowest BCUT2D eigenvalue weighted by atomic mass is 9.96. The van der Waals surface area contributed by atoms with Crippen LogP contribution in [-0.4, -0.2) is 18.0 Å². The van der Waals surface area contributed by atoms with Gasteiger partial charge in [-0.25, -0.2) is 0 Å². The molecule has 2 unspecified atom stereocenters. The van der Waals surface area contributed by atoms with E-state index < -0.39 is 0 Å². The van der Waals surface area contributed by atoms with E-state index in [0.29, 0.717) is 0 Å². The molecule has 2 atom stereocenters. The van der Waals surface area contributed by atoms with Crippen LogP contribution in [0.25, 0.3) is 0 Å². The fourth-order valence-corrected chi connectivity index (χ4v) is 0.766. The van der Waals surface area contributed by atoms with E-state index >= 15 is 0 Å². The zero-order valence-corrected chi connectivity index (χ0v) is 7.35. The molecule has 1 amide bonds. The van der Waals surface area contributed by atoms with E-state index in [1.165, 1.54) is 0 Å². The fraction of sp³-hybridized carbons (Fsp3) is 0.875. The zero-order chi connectivity index (χ0) is 8.65. The second kappa shape index (κ2) is 2.48. The highest BCUT2D eigenvalue weighted by Gasteiger charge is 2.36. The summed E-state index contributed by atoms with van der Waals surface area (Å²) in [6.45, 7) is 5.70. The van der Waals surface area contributed by atoms with E-state index in [4.69, 9.17) is 5.73 Å². The predicted octanol–water partition coefficient (Wildman–Crippen LogP) is 0.248. The Bertz CT molecular complexity index is 171. The van der Waals surface area contributed by atoms with Gasteiger partial charge in [-0.15, -0.1) is 0 Å². The monoisotopic (exact) mass is 156 g/mol. The molecule has 0 aromatic heterocycles. The molecule has 0 radical (unpaired) electrons. The van der Waals surface area contributed by atoms with Gasteiger partial charge in [0.1, 0.15) is 0 Å². The van der Waals surface area contributed by atoms with Gasteiger partial charge in [-0.05, 0) is 6.42 Å². The second-order valence-electron chi connectivity index (χ2n) is 4.23. The highest BCUT2D eigenvalue weighted by atomic mass is 16.2. The van der Waals surface area contributed by atoms with E-state index in [-0.39, 0.29) is 23.4 Å². The molecule has 0 bridgehead atoms. The first-order valence-electron chi connectivity index (χ1n) is 3.98. The lowest BCUT2D eigenvalue weighted by Gasteiger charge is -2.17. The fourth-order valence-electron chi connectivity index (χ4n) is 0.766. The molecule has 64 valence electrons. The summed E-state index contributed by atoms with van der Waals surface area (Å²) >= 11 is 0. The van der Waals surface area contributed by atoms with Crippen LogP contribution in [0.3, 0.4) is 0 Å². The first-order valence-corrected chi connectivity index (χ1v) is 3.98. The number of hydrogen-bond acceptors (Lipinski definition) is 2. The molecule has 0 heterocycles. The van der Waals surface area contributed by atoms with Crippen LogP contribution in [0.5, 0.6) is 0 Å². The van der Waals surface area contributed by atoms with Crippen LogP contribution in [-0.2, 0) is 4.79 Å². The van der Waals surface area contributed by atoms with Gasteiger partial charge in [0, 0.05) is 17.5 Å². The van der Waals surface area contributed by atoms with E-state index in [2.05, 4.69) is 5.32 Å². The van der Waals surface area contributed by atoms with Gasteiger partial charge in [-0.1, -0.05) is 20.8 Å². The Morgan fingerprint density at radius 3 is 2.27 bits per heavy atom. The summed E-state index contributed by atoms with van der Waals surface area (Å²) in [6.07, 6.45) is 0.932. The molecule has 0 spiro atoms. The minimum absolute atomic E-state index is 0.0930. The third-order valence-electron chi connectivity index (χ3n) is 1.84. The van der Waals surface area contributed by atoms with Gasteiger partial charge < -0.3 is 11.1 Å². The summed E-state index contributed by atoms with van der Waals surface area (Å²) in [5.41, 5.74) is 5.25. The second-order valence-corrected chi connectivity index (χ2v) is 4.23. The van der Waals surface area contributed by atoms with Crippen LogP contribution in [0.2, 0.25) is 0 Å². The Kier molecular flexibility index (Phi) is 1.92. The summed E-state index contributed by atoms with van der Waals surface area (Å²) in [5.74, 6) is 0.0930. The van der Waals surface area contributed by atoms with E-state index in [1.807, 2.05) is 20.8 Å². The van der Waals surface area contributed by atoms with E-state index in [9.17, 15) is 4.79 Å². The largest absolute Gasteiger partial charge is 0.351 e. The molecule has 1 rings (SSSR count). The lowest BCUT2D eigenvalue weighted by molar-refractivity contribution is -0.128. The van der Waals surface area contributed by atoms with Crippen LogP contribution in [0.1, 0.15) is 27.2 Å². The molecule has 3 nitrogen and oxygen atoms in total. The van der Waals surface area contributed by atoms with Crippen molar-refractivity contribution in [2.75, 3.05) is 0 Å². The summed E-state index contributed by atoms with van der Waals surface area (Å²) in [6, 6.07) is 0.433.